The molecule has 0 bridgehead atoms. The maximum atomic E-state index is 13.9. The maximum absolute atomic E-state index is 13.9. The van der Waals surface area contributed by atoms with Crippen molar-refractivity contribution in [1.82, 2.24) is 0 Å². The molecule has 0 aromatic heterocycles. The van der Waals surface area contributed by atoms with Crippen LogP contribution in [0.5, 0.6) is 0 Å². The Kier molecular flexibility index (Phi) is 6.67. The third kappa shape index (κ3) is 5.34. The van der Waals surface area contributed by atoms with Gasteiger partial charge in [-0.15, -0.1) is 0 Å². The van der Waals surface area contributed by atoms with Crippen molar-refractivity contribution in [3.63, 3.8) is 0 Å². The summed E-state index contributed by atoms with van der Waals surface area (Å²) in [7, 11) is 0. The average Bonchev–Trinajstić information content (AvgIpc) is 2.80. The quantitative estimate of drug-likeness (QED) is 0.183. The van der Waals surface area contributed by atoms with Crippen LogP contribution in [0.25, 0.3) is 33.0 Å². The molecule has 0 aliphatic heterocycles. The lowest BCUT2D eigenvalue weighted by molar-refractivity contribution is -0.143. The smallest absolute Gasteiger partial charge is 0.399 e. The van der Waals surface area contributed by atoms with Gasteiger partial charge < -0.3 is 11.5 Å². The van der Waals surface area contributed by atoms with Gasteiger partial charge in [0.15, 0.2) is 0 Å². The van der Waals surface area contributed by atoms with Crippen LogP contribution in [0.4, 0.5) is 64.1 Å². The van der Waals surface area contributed by atoms with E-state index in [1.807, 2.05) is 0 Å². The van der Waals surface area contributed by atoms with Crippen LogP contribution in [0, 0.1) is 0 Å². The molecule has 0 heterocycles. The Morgan fingerprint density at radius 3 is 1.25 bits per heavy atom. The number of anilines is 2. The van der Waals surface area contributed by atoms with Gasteiger partial charge in [0.05, 0.1) is 22.3 Å². The molecular formula is C26H14F12N2. The molecule has 0 saturated carbocycles. The molecule has 0 radical (unpaired) electrons. The number of hydrogen-bond acceptors (Lipinski definition) is 2. The van der Waals surface area contributed by atoms with Crippen molar-refractivity contribution in [2.24, 2.45) is 0 Å². The monoisotopic (exact) mass is 582 g/mol. The maximum Gasteiger partial charge on any atom is 0.417 e. The first kappa shape index (κ1) is 28.9. The molecule has 0 fully saturated rings. The van der Waals surface area contributed by atoms with Crippen LogP contribution in [-0.4, -0.2) is 0 Å². The molecule has 14 heteroatoms. The van der Waals surface area contributed by atoms with Crippen LogP contribution in [0.1, 0.15) is 22.3 Å². The molecule has 0 amide bonds. The van der Waals surface area contributed by atoms with Crippen LogP contribution in [0.15, 0.2) is 60.7 Å². The van der Waals surface area contributed by atoms with Crippen molar-refractivity contribution < 1.29 is 52.7 Å². The highest BCUT2D eigenvalue weighted by atomic mass is 19.4. The van der Waals surface area contributed by atoms with Gasteiger partial charge in [0, 0.05) is 22.5 Å². The number of fused-ring (bicyclic) bond motifs is 1. The fraction of sp³-hybridized carbons (Fsp3) is 0.154. The van der Waals surface area contributed by atoms with Gasteiger partial charge >= 0.3 is 24.7 Å². The van der Waals surface area contributed by atoms with Crippen LogP contribution in [0.3, 0.4) is 0 Å². The predicted octanol–water partition coefficient (Wildman–Crippen LogP) is 9.41. The van der Waals surface area contributed by atoms with Gasteiger partial charge in [0.25, 0.3) is 0 Å². The number of benzene rings is 4. The molecule has 212 valence electrons. The minimum atomic E-state index is -5.37. The second kappa shape index (κ2) is 9.24. The van der Waals surface area contributed by atoms with Crippen molar-refractivity contribution in [3.8, 4) is 22.3 Å². The van der Waals surface area contributed by atoms with E-state index in [1.165, 1.54) is 6.07 Å². The third-order valence-corrected chi connectivity index (χ3v) is 5.98. The molecule has 0 atom stereocenters. The lowest BCUT2D eigenvalue weighted by Crippen LogP contribution is -2.16. The summed E-state index contributed by atoms with van der Waals surface area (Å²) in [4.78, 5) is 0. The first-order valence-electron chi connectivity index (χ1n) is 10.9. The molecule has 0 saturated heterocycles. The van der Waals surface area contributed by atoms with E-state index >= 15 is 0 Å². The zero-order valence-corrected chi connectivity index (χ0v) is 19.5. The molecule has 0 spiro atoms. The largest absolute Gasteiger partial charge is 0.417 e. The van der Waals surface area contributed by atoms with Gasteiger partial charge in [-0.2, -0.15) is 52.7 Å². The number of halogens is 12. The molecule has 4 aromatic rings. The Morgan fingerprint density at radius 2 is 0.850 bits per heavy atom. The Bertz CT molecular complexity index is 1540. The highest BCUT2D eigenvalue weighted by Crippen LogP contribution is 2.49. The summed E-state index contributed by atoms with van der Waals surface area (Å²) in [6.45, 7) is 0. The summed E-state index contributed by atoms with van der Waals surface area (Å²) in [5.74, 6) is 0. The van der Waals surface area contributed by atoms with Crippen LogP contribution < -0.4 is 11.5 Å². The molecule has 0 unspecified atom stereocenters. The first-order chi connectivity index (χ1) is 18.2. The molecule has 0 aliphatic carbocycles. The standard InChI is InChI=1S/C26H14F12N2/c27-23(28,29)17-7-13(39)8-18(24(30,31)32)21(17)12-5-4-11-2-1-3-15(16(11)6-12)22-19(25(33,34)35)9-14(40)10-20(22)26(36,37)38/h1-10H,39-40H2. The summed E-state index contributed by atoms with van der Waals surface area (Å²) in [5.41, 5.74) is -2.58. The molecule has 4 N–H and O–H groups in total. The molecule has 4 aromatic carbocycles. The van der Waals surface area contributed by atoms with Crippen molar-refractivity contribution in [3.05, 3.63) is 82.9 Å². The van der Waals surface area contributed by atoms with E-state index in [0.717, 1.165) is 24.3 Å². The van der Waals surface area contributed by atoms with Crippen molar-refractivity contribution >= 4 is 22.1 Å². The average molecular weight is 582 g/mol. The van der Waals surface area contributed by atoms with Gasteiger partial charge in [-0.05, 0) is 52.2 Å². The van der Waals surface area contributed by atoms with E-state index in [2.05, 4.69) is 0 Å². The van der Waals surface area contributed by atoms with Crippen LogP contribution >= 0.6 is 0 Å². The Balaban J connectivity index is 2.17. The Labute approximate surface area is 216 Å². The summed E-state index contributed by atoms with van der Waals surface area (Å²) >= 11 is 0. The number of nitrogen functional groups attached to an aromatic ring is 2. The van der Waals surface area contributed by atoms with Gasteiger partial charge in [-0.25, -0.2) is 0 Å². The van der Waals surface area contributed by atoms with E-state index in [0.29, 0.717) is 6.07 Å². The number of hydrogen-bond donors (Lipinski definition) is 2. The van der Waals surface area contributed by atoms with E-state index < -0.39 is 86.0 Å². The summed E-state index contributed by atoms with van der Waals surface area (Å²) in [6, 6.07) is 6.71. The Hall–Kier alpha value is -4.10. The predicted molar refractivity (Wildman–Crippen MR) is 124 cm³/mol. The summed E-state index contributed by atoms with van der Waals surface area (Å²) in [5, 5.41) is -0.532. The molecule has 40 heavy (non-hydrogen) atoms. The number of rotatable bonds is 2. The fourth-order valence-corrected chi connectivity index (χ4v) is 4.47. The van der Waals surface area contributed by atoms with Crippen molar-refractivity contribution in [1.29, 1.82) is 0 Å². The van der Waals surface area contributed by atoms with E-state index in [-0.39, 0.29) is 29.7 Å². The van der Waals surface area contributed by atoms with E-state index in [4.69, 9.17) is 11.5 Å². The third-order valence-electron chi connectivity index (χ3n) is 5.98. The van der Waals surface area contributed by atoms with Crippen molar-refractivity contribution in [2.45, 2.75) is 24.7 Å². The molecular weight excluding hydrogens is 568 g/mol. The molecule has 0 aliphatic rings. The van der Waals surface area contributed by atoms with Crippen LogP contribution in [0.2, 0.25) is 0 Å². The first-order valence-corrected chi connectivity index (χ1v) is 10.9. The minimum absolute atomic E-state index is 0.0584. The van der Waals surface area contributed by atoms with Gasteiger partial charge in [0.2, 0.25) is 0 Å². The lowest BCUT2D eigenvalue weighted by Gasteiger charge is -2.22. The van der Waals surface area contributed by atoms with Gasteiger partial charge in [-0.1, -0.05) is 30.3 Å². The van der Waals surface area contributed by atoms with Crippen LogP contribution in [-0.2, 0) is 24.7 Å². The second-order valence-corrected chi connectivity index (χ2v) is 8.71. The molecule has 4 rings (SSSR count). The summed E-state index contributed by atoms with van der Waals surface area (Å²) in [6.07, 6.45) is -21.4. The molecule has 2 nitrogen and oxygen atoms in total. The van der Waals surface area contributed by atoms with Gasteiger partial charge in [-0.3, -0.25) is 0 Å². The number of alkyl halides is 12. The normalized spacial score (nSPS) is 13.2. The fourth-order valence-electron chi connectivity index (χ4n) is 4.47. The topological polar surface area (TPSA) is 52.0 Å². The summed E-state index contributed by atoms with van der Waals surface area (Å²) < 4.78 is 167. The minimum Gasteiger partial charge on any atom is -0.399 e. The highest BCUT2D eigenvalue weighted by molar-refractivity contribution is 6.01. The van der Waals surface area contributed by atoms with E-state index in [1.54, 1.807) is 0 Å². The lowest BCUT2D eigenvalue weighted by atomic mass is 9.87. The Morgan fingerprint density at radius 1 is 0.450 bits per heavy atom. The van der Waals surface area contributed by atoms with Gasteiger partial charge in [0.1, 0.15) is 0 Å². The van der Waals surface area contributed by atoms with Crippen molar-refractivity contribution in [2.75, 3.05) is 11.5 Å². The zero-order chi connectivity index (χ0) is 30.0. The van der Waals surface area contributed by atoms with E-state index in [9.17, 15) is 52.7 Å². The SMILES string of the molecule is Nc1cc(C(F)(F)F)c(-c2ccc3cccc(-c4c(C(F)(F)F)cc(N)cc4C(F)(F)F)c3c2)c(C(F)(F)F)c1. The highest BCUT2D eigenvalue weighted by Gasteiger charge is 2.43. The second-order valence-electron chi connectivity index (χ2n) is 8.71. The number of nitrogens with two attached hydrogens (primary N) is 2. The zero-order valence-electron chi connectivity index (χ0n) is 19.5.